The highest BCUT2D eigenvalue weighted by molar-refractivity contribution is 7.80. The fraction of sp³-hybridized carbons (Fsp3) is 0.267. The first-order valence-electron chi connectivity index (χ1n) is 12.9. The van der Waals surface area contributed by atoms with Gasteiger partial charge in [0, 0.05) is 15.8 Å². The molecule has 1 amide bonds. The van der Waals surface area contributed by atoms with E-state index in [0.717, 1.165) is 47.7 Å². The number of esters is 1. The standard InChI is InChI=1S/C30H29N3O3S2/c1-3-18-14-15-21-25(16-18)38-28(26(21)29(35)36-4-2)33-30(37)32-27(34)22-17-24(19-10-6-5-7-11-19)31-23-13-9-8-12-20(22)23/h5-13,17-18H,3-4,14-16H2,1-2H3,(H2,32,33,34,37). The summed E-state index contributed by atoms with van der Waals surface area (Å²) >= 11 is 7.08. The highest BCUT2D eigenvalue weighted by Crippen LogP contribution is 2.41. The molecule has 1 atom stereocenters. The summed E-state index contributed by atoms with van der Waals surface area (Å²) in [6, 6.07) is 19.1. The number of hydrogen-bond acceptors (Lipinski definition) is 6. The second-order valence-corrected chi connectivity index (χ2v) is 10.8. The number of pyridine rings is 1. The van der Waals surface area contributed by atoms with Gasteiger partial charge >= 0.3 is 5.97 Å². The molecule has 0 saturated carbocycles. The average Bonchev–Trinajstić information content (AvgIpc) is 3.29. The van der Waals surface area contributed by atoms with Crippen molar-refractivity contribution in [2.24, 2.45) is 5.92 Å². The van der Waals surface area contributed by atoms with E-state index < -0.39 is 0 Å². The van der Waals surface area contributed by atoms with E-state index in [1.54, 1.807) is 13.0 Å². The Hall–Kier alpha value is -3.62. The van der Waals surface area contributed by atoms with Gasteiger partial charge in [0.2, 0.25) is 0 Å². The number of rotatable bonds is 6. The topological polar surface area (TPSA) is 80.3 Å². The Bertz CT molecular complexity index is 1510. The number of thiophene rings is 1. The smallest absolute Gasteiger partial charge is 0.341 e. The second kappa shape index (κ2) is 11.4. The highest BCUT2D eigenvalue weighted by Gasteiger charge is 2.29. The second-order valence-electron chi connectivity index (χ2n) is 9.29. The monoisotopic (exact) mass is 543 g/mol. The number of carbonyl (C=O) groups excluding carboxylic acids is 2. The van der Waals surface area contributed by atoms with Gasteiger partial charge in [-0.2, -0.15) is 0 Å². The molecule has 0 radical (unpaired) electrons. The predicted molar refractivity (Wildman–Crippen MR) is 157 cm³/mol. The van der Waals surface area contributed by atoms with E-state index in [4.69, 9.17) is 21.9 Å². The minimum Gasteiger partial charge on any atom is -0.462 e. The first-order valence-corrected chi connectivity index (χ1v) is 14.1. The van der Waals surface area contributed by atoms with Crippen molar-refractivity contribution in [1.29, 1.82) is 0 Å². The number of aromatic nitrogens is 1. The first kappa shape index (κ1) is 26.0. The molecule has 0 bridgehead atoms. The molecule has 2 N–H and O–H groups in total. The normalized spacial score (nSPS) is 14.5. The third-order valence-corrected chi connectivity index (χ3v) is 8.28. The van der Waals surface area contributed by atoms with Crippen LogP contribution in [0.25, 0.3) is 22.2 Å². The molecule has 0 saturated heterocycles. The fourth-order valence-corrected chi connectivity index (χ4v) is 6.55. The van der Waals surface area contributed by atoms with Crippen molar-refractivity contribution in [1.82, 2.24) is 10.3 Å². The molecule has 2 aromatic carbocycles. The number of nitrogens with one attached hydrogen (secondary N) is 2. The molecule has 2 aromatic heterocycles. The van der Waals surface area contributed by atoms with Crippen LogP contribution in [-0.4, -0.2) is 28.6 Å². The van der Waals surface area contributed by atoms with Gasteiger partial charge in [0.05, 0.1) is 28.9 Å². The number of thiocarbonyl (C=S) groups is 1. The summed E-state index contributed by atoms with van der Waals surface area (Å²) < 4.78 is 5.37. The highest BCUT2D eigenvalue weighted by atomic mass is 32.1. The first-order chi connectivity index (χ1) is 18.5. The Morgan fingerprint density at radius 2 is 1.87 bits per heavy atom. The number of nitrogens with zero attached hydrogens (tertiary/aromatic N) is 1. The lowest BCUT2D eigenvalue weighted by Crippen LogP contribution is -2.34. The summed E-state index contributed by atoms with van der Waals surface area (Å²) in [4.78, 5) is 32.3. The van der Waals surface area contributed by atoms with Crippen LogP contribution in [0, 0.1) is 5.92 Å². The van der Waals surface area contributed by atoms with Crippen LogP contribution in [-0.2, 0) is 17.6 Å². The SMILES string of the molecule is CCOC(=O)c1c(NC(=S)NC(=O)c2cc(-c3ccccc3)nc3ccccc23)sc2c1CCC(CC)C2. The van der Waals surface area contributed by atoms with E-state index in [2.05, 4.69) is 17.6 Å². The molecule has 0 spiro atoms. The molecular formula is C30H29N3O3S2. The lowest BCUT2D eigenvalue weighted by molar-refractivity contribution is 0.0526. The number of anilines is 1. The summed E-state index contributed by atoms with van der Waals surface area (Å²) in [6.45, 7) is 4.29. The molecule has 8 heteroatoms. The summed E-state index contributed by atoms with van der Waals surface area (Å²) in [6.07, 6.45) is 3.93. The van der Waals surface area contributed by atoms with Gasteiger partial charge in [0.25, 0.3) is 5.91 Å². The van der Waals surface area contributed by atoms with E-state index in [9.17, 15) is 9.59 Å². The maximum Gasteiger partial charge on any atom is 0.341 e. The number of benzene rings is 2. The zero-order valence-electron chi connectivity index (χ0n) is 21.4. The molecule has 6 nitrogen and oxygen atoms in total. The van der Waals surface area contributed by atoms with Gasteiger partial charge in [-0.3, -0.25) is 10.1 Å². The number of carbonyl (C=O) groups is 2. The van der Waals surface area contributed by atoms with Crippen molar-refractivity contribution >= 4 is 56.4 Å². The molecule has 4 aromatic rings. The quantitative estimate of drug-likeness (QED) is 0.206. The van der Waals surface area contributed by atoms with Gasteiger partial charge < -0.3 is 10.1 Å². The van der Waals surface area contributed by atoms with Gasteiger partial charge in [0.15, 0.2) is 5.11 Å². The third kappa shape index (κ3) is 5.33. The van der Waals surface area contributed by atoms with Crippen LogP contribution in [0.15, 0.2) is 60.7 Å². The van der Waals surface area contributed by atoms with Crippen LogP contribution in [0.4, 0.5) is 5.00 Å². The van der Waals surface area contributed by atoms with Crippen LogP contribution in [0.2, 0.25) is 0 Å². The van der Waals surface area contributed by atoms with E-state index in [1.165, 1.54) is 16.2 Å². The summed E-state index contributed by atoms with van der Waals surface area (Å²) in [7, 11) is 0. The lowest BCUT2D eigenvalue weighted by Gasteiger charge is -2.21. The van der Waals surface area contributed by atoms with Crippen molar-refractivity contribution in [3.63, 3.8) is 0 Å². The molecule has 0 fully saturated rings. The van der Waals surface area contributed by atoms with Crippen LogP contribution < -0.4 is 10.6 Å². The predicted octanol–water partition coefficient (Wildman–Crippen LogP) is 6.78. The van der Waals surface area contributed by atoms with Gasteiger partial charge in [-0.1, -0.05) is 61.9 Å². The zero-order valence-corrected chi connectivity index (χ0v) is 23.0. The Balaban J connectivity index is 1.43. The molecule has 0 aliphatic heterocycles. The Morgan fingerprint density at radius 3 is 2.63 bits per heavy atom. The zero-order chi connectivity index (χ0) is 26.6. The maximum atomic E-state index is 13.5. The van der Waals surface area contributed by atoms with Gasteiger partial charge in [-0.05, 0) is 62.0 Å². The molecule has 1 aliphatic carbocycles. The van der Waals surface area contributed by atoms with Crippen LogP contribution >= 0.6 is 23.6 Å². The molecule has 1 unspecified atom stereocenters. The van der Waals surface area contributed by atoms with Gasteiger partial charge in [-0.15, -0.1) is 11.3 Å². The minimum atomic E-state index is -0.357. The number of para-hydroxylation sites is 1. The molecule has 1 aliphatic rings. The molecule has 38 heavy (non-hydrogen) atoms. The van der Waals surface area contributed by atoms with Crippen molar-refractivity contribution in [2.75, 3.05) is 11.9 Å². The number of hydrogen-bond donors (Lipinski definition) is 2. The molecule has 2 heterocycles. The maximum absolute atomic E-state index is 13.5. The number of fused-ring (bicyclic) bond motifs is 2. The summed E-state index contributed by atoms with van der Waals surface area (Å²) in [5.74, 6) is -0.0954. The van der Waals surface area contributed by atoms with E-state index in [0.29, 0.717) is 34.3 Å². The van der Waals surface area contributed by atoms with Gasteiger partial charge in [-0.25, -0.2) is 9.78 Å². The number of ether oxygens (including phenoxy) is 1. The third-order valence-electron chi connectivity index (χ3n) is 6.91. The largest absolute Gasteiger partial charge is 0.462 e. The minimum absolute atomic E-state index is 0.133. The number of amides is 1. The van der Waals surface area contributed by atoms with Crippen LogP contribution in [0.5, 0.6) is 0 Å². The molecule has 194 valence electrons. The Kier molecular flexibility index (Phi) is 7.81. The van der Waals surface area contributed by atoms with Crippen LogP contribution in [0.3, 0.4) is 0 Å². The van der Waals surface area contributed by atoms with E-state index >= 15 is 0 Å². The summed E-state index contributed by atoms with van der Waals surface area (Å²) in [5, 5.41) is 7.45. The van der Waals surface area contributed by atoms with E-state index in [-0.39, 0.29) is 17.0 Å². The van der Waals surface area contributed by atoms with Crippen molar-refractivity contribution < 1.29 is 14.3 Å². The van der Waals surface area contributed by atoms with Crippen molar-refractivity contribution in [3.05, 3.63) is 82.2 Å². The van der Waals surface area contributed by atoms with Crippen molar-refractivity contribution in [2.45, 2.75) is 39.5 Å². The Labute approximate surface area is 231 Å². The fourth-order valence-electron chi connectivity index (χ4n) is 4.93. The molecule has 5 rings (SSSR count). The van der Waals surface area contributed by atoms with Crippen molar-refractivity contribution in [3.8, 4) is 11.3 Å². The lowest BCUT2D eigenvalue weighted by atomic mass is 9.86. The van der Waals surface area contributed by atoms with Crippen LogP contribution in [0.1, 0.15) is 57.8 Å². The Morgan fingerprint density at radius 1 is 1.11 bits per heavy atom. The summed E-state index contributed by atoms with van der Waals surface area (Å²) in [5.41, 5.74) is 4.40. The van der Waals surface area contributed by atoms with Gasteiger partial charge in [0.1, 0.15) is 5.00 Å². The average molecular weight is 544 g/mol. The molecular weight excluding hydrogens is 514 g/mol. The van der Waals surface area contributed by atoms with E-state index in [1.807, 2.05) is 54.6 Å².